The Morgan fingerprint density at radius 2 is 0.921 bits per heavy atom. The Morgan fingerprint density at radius 3 is 1.32 bits per heavy atom. The zero-order valence-electron chi connectivity index (χ0n) is 23.3. The Labute approximate surface area is 240 Å². The quantitative estimate of drug-likeness (QED) is 0.110. The lowest BCUT2D eigenvalue weighted by Gasteiger charge is -2.34. The third kappa shape index (κ3) is 9.97. The molecule has 0 fully saturated rings. The van der Waals surface area contributed by atoms with E-state index in [1.807, 2.05) is 18.2 Å². The van der Waals surface area contributed by atoms with Crippen molar-refractivity contribution in [3.05, 3.63) is 108 Å². The van der Waals surface area contributed by atoms with Crippen LogP contribution in [0.3, 0.4) is 0 Å². The topological polar surface area (TPSA) is 17.1 Å². The standard InChI is InChI=1S/C35H46OS2/c1-2-3-4-5-6-7-8-9-10-11-12-22-29-37-30-34(36)38-35(31-23-16-13-17-24-31,32-25-18-14-19-26-32)33-27-20-15-21-28-33/h13-21,23-28H,2-12,22,29-30H2,1H3. The molecular weight excluding hydrogens is 501 g/mol. The van der Waals surface area contributed by atoms with Gasteiger partial charge in [0.25, 0.3) is 0 Å². The molecule has 0 bridgehead atoms. The molecule has 204 valence electrons. The molecule has 0 amide bonds. The Balaban J connectivity index is 1.47. The van der Waals surface area contributed by atoms with E-state index in [9.17, 15) is 4.79 Å². The normalized spacial score (nSPS) is 11.5. The molecule has 0 spiro atoms. The van der Waals surface area contributed by atoms with Gasteiger partial charge in [-0.05, 0) is 28.9 Å². The van der Waals surface area contributed by atoms with Gasteiger partial charge in [0.05, 0.1) is 10.5 Å². The van der Waals surface area contributed by atoms with Gasteiger partial charge in [-0.3, -0.25) is 4.79 Å². The van der Waals surface area contributed by atoms with E-state index in [0.717, 1.165) is 22.4 Å². The number of rotatable bonds is 19. The summed E-state index contributed by atoms with van der Waals surface area (Å²) in [5, 5.41) is 0.241. The summed E-state index contributed by atoms with van der Waals surface area (Å²) in [4.78, 5) is 13.4. The highest BCUT2D eigenvalue weighted by Crippen LogP contribution is 2.49. The molecule has 1 nitrogen and oxygen atoms in total. The molecule has 0 atom stereocenters. The van der Waals surface area contributed by atoms with Gasteiger partial charge in [-0.1, -0.05) is 180 Å². The van der Waals surface area contributed by atoms with Crippen molar-refractivity contribution in [1.29, 1.82) is 0 Å². The molecule has 3 aromatic rings. The molecule has 0 heterocycles. The number of hydrogen-bond donors (Lipinski definition) is 0. The van der Waals surface area contributed by atoms with Crippen molar-refractivity contribution in [3.8, 4) is 0 Å². The Bertz CT molecular complexity index is 907. The van der Waals surface area contributed by atoms with E-state index in [-0.39, 0.29) is 5.12 Å². The first-order chi connectivity index (χ1) is 18.8. The first-order valence-electron chi connectivity index (χ1n) is 14.7. The average molecular weight is 547 g/mol. The lowest BCUT2D eigenvalue weighted by Crippen LogP contribution is -2.27. The van der Waals surface area contributed by atoms with Gasteiger partial charge in [0.1, 0.15) is 0 Å². The van der Waals surface area contributed by atoms with Gasteiger partial charge >= 0.3 is 0 Å². The molecule has 3 heteroatoms. The first kappa shape index (κ1) is 30.6. The van der Waals surface area contributed by atoms with E-state index in [1.165, 1.54) is 88.8 Å². The summed E-state index contributed by atoms with van der Waals surface area (Å²) in [6.07, 6.45) is 16.4. The van der Waals surface area contributed by atoms with Gasteiger partial charge in [0.2, 0.25) is 0 Å². The van der Waals surface area contributed by atoms with Crippen LogP contribution >= 0.6 is 23.5 Å². The molecule has 0 unspecified atom stereocenters. The van der Waals surface area contributed by atoms with Crippen molar-refractivity contribution in [3.63, 3.8) is 0 Å². The molecular formula is C35H46OS2. The summed E-state index contributed by atoms with van der Waals surface area (Å²) < 4.78 is -0.558. The first-order valence-corrected chi connectivity index (χ1v) is 16.7. The summed E-state index contributed by atoms with van der Waals surface area (Å²) >= 11 is 3.28. The van der Waals surface area contributed by atoms with E-state index in [2.05, 4.69) is 79.7 Å². The second-order valence-electron chi connectivity index (χ2n) is 10.2. The van der Waals surface area contributed by atoms with Gasteiger partial charge in [-0.2, -0.15) is 11.8 Å². The maximum absolute atomic E-state index is 13.4. The van der Waals surface area contributed by atoms with Crippen molar-refractivity contribution in [2.45, 2.75) is 88.7 Å². The molecule has 0 radical (unpaired) electrons. The lowest BCUT2D eigenvalue weighted by atomic mass is 9.84. The summed E-state index contributed by atoms with van der Waals surface area (Å²) in [5.74, 6) is 1.62. The fraction of sp³-hybridized carbons (Fsp3) is 0.457. The number of carbonyl (C=O) groups excluding carboxylic acids is 1. The van der Waals surface area contributed by atoms with Crippen LogP contribution in [0, 0.1) is 0 Å². The van der Waals surface area contributed by atoms with Crippen LogP contribution in [0.5, 0.6) is 0 Å². The largest absolute Gasteiger partial charge is 0.286 e. The fourth-order valence-corrected chi connectivity index (χ4v) is 7.40. The highest BCUT2D eigenvalue weighted by molar-refractivity contribution is 8.16. The van der Waals surface area contributed by atoms with Crippen LogP contribution in [0.1, 0.15) is 101 Å². The minimum absolute atomic E-state index is 0.241. The highest BCUT2D eigenvalue weighted by Gasteiger charge is 2.39. The summed E-state index contributed by atoms with van der Waals surface area (Å²) in [5.41, 5.74) is 3.42. The predicted octanol–water partition coefficient (Wildman–Crippen LogP) is 10.7. The van der Waals surface area contributed by atoms with Gasteiger partial charge in [-0.15, -0.1) is 0 Å². The zero-order valence-corrected chi connectivity index (χ0v) is 24.9. The number of thioether (sulfide) groups is 2. The van der Waals surface area contributed by atoms with Gasteiger partial charge in [0.15, 0.2) is 5.12 Å². The Morgan fingerprint density at radius 1 is 0.553 bits per heavy atom. The molecule has 0 aliphatic heterocycles. The van der Waals surface area contributed by atoms with Gasteiger partial charge < -0.3 is 0 Å². The monoisotopic (exact) mass is 546 g/mol. The second kappa shape index (κ2) is 18.3. The van der Waals surface area contributed by atoms with Crippen LogP contribution in [-0.4, -0.2) is 16.6 Å². The van der Waals surface area contributed by atoms with Crippen molar-refractivity contribution in [2.75, 3.05) is 11.5 Å². The Hall–Kier alpha value is -1.97. The van der Waals surface area contributed by atoms with Crippen LogP contribution in [0.4, 0.5) is 0 Å². The third-order valence-electron chi connectivity index (χ3n) is 7.17. The van der Waals surface area contributed by atoms with Crippen LogP contribution < -0.4 is 0 Å². The van der Waals surface area contributed by atoms with Gasteiger partial charge in [0, 0.05) is 0 Å². The number of benzene rings is 3. The molecule has 0 aliphatic rings. The summed E-state index contributed by atoms with van der Waals surface area (Å²) in [7, 11) is 0. The molecule has 38 heavy (non-hydrogen) atoms. The SMILES string of the molecule is CCCCCCCCCCCCCCSCC(=O)SC(c1ccccc1)(c1ccccc1)c1ccccc1. The number of unbranched alkanes of at least 4 members (excludes halogenated alkanes) is 11. The molecule has 0 aromatic heterocycles. The highest BCUT2D eigenvalue weighted by atomic mass is 32.2. The second-order valence-corrected chi connectivity index (χ2v) is 12.6. The zero-order chi connectivity index (χ0) is 26.7. The number of hydrogen-bond acceptors (Lipinski definition) is 3. The van der Waals surface area contributed by atoms with E-state index >= 15 is 0 Å². The molecule has 3 rings (SSSR count). The minimum Gasteiger partial charge on any atom is -0.286 e. The predicted molar refractivity (Wildman–Crippen MR) is 170 cm³/mol. The van der Waals surface area contributed by atoms with Crippen molar-refractivity contribution in [2.24, 2.45) is 0 Å². The number of carbonyl (C=O) groups is 1. The maximum atomic E-state index is 13.4. The van der Waals surface area contributed by atoms with E-state index in [4.69, 9.17) is 0 Å². The molecule has 0 aliphatic carbocycles. The van der Waals surface area contributed by atoms with Crippen molar-refractivity contribution < 1.29 is 4.79 Å². The minimum atomic E-state index is -0.558. The lowest BCUT2D eigenvalue weighted by molar-refractivity contribution is -0.108. The van der Waals surface area contributed by atoms with Crippen molar-refractivity contribution >= 4 is 28.6 Å². The molecule has 0 N–H and O–H groups in total. The maximum Gasteiger partial charge on any atom is 0.200 e. The van der Waals surface area contributed by atoms with E-state index in [0.29, 0.717) is 5.75 Å². The van der Waals surface area contributed by atoms with Crippen LogP contribution in [-0.2, 0) is 9.54 Å². The Kier molecular flexibility index (Phi) is 14.8. The molecule has 0 saturated carbocycles. The van der Waals surface area contributed by atoms with Crippen LogP contribution in [0.25, 0.3) is 0 Å². The van der Waals surface area contributed by atoms with Crippen LogP contribution in [0.15, 0.2) is 91.0 Å². The van der Waals surface area contributed by atoms with E-state index < -0.39 is 4.75 Å². The summed E-state index contributed by atoms with van der Waals surface area (Å²) in [6, 6.07) is 31.5. The van der Waals surface area contributed by atoms with Crippen molar-refractivity contribution in [1.82, 2.24) is 0 Å². The van der Waals surface area contributed by atoms with Crippen LogP contribution in [0.2, 0.25) is 0 Å². The average Bonchev–Trinajstić information content (AvgIpc) is 2.97. The van der Waals surface area contributed by atoms with Gasteiger partial charge in [-0.25, -0.2) is 0 Å². The fourth-order valence-electron chi connectivity index (χ4n) is 5.10. The molecule has 0 saturated heterocycles. The van der Waals surface area contributed by atoms with E-state index in [1.54, 1.807) is 11.8 Å². The molecule has 3 aromatic carbocycles. The summed E-state index contributed by atoms with van der Waals surface area (Å²) in [6.45, 7) is 2.28. The third-order valence-corrected chi connectivity index (χ3v) is 9.78. The smallest absolute Gasteiger partial charge is 0.200 e.